The average Bonchev–Trinajstić information content (AvgIpc) is 2.99. The van der Waals surface area contributed by atoms with E-state index in [4.69, 9.17) is 11.6 Å². The molecule has 1 saturated carbocycles. The van der Waals surface area contributed by atoms with E-state index in [1.807, 2.05) is 0 Å². The maximum atomic E-state index is 11.5. The monoisotopic (exact) mass is 240 g/mol. The number of carbonyl (C=O) groups is 1. The van der Waals surface area contributed by atoms with Gasteiger partial charge in [-0.2, -0.15) is 0 Å². The molecule has 1 aromatic rings. The molecule has 0 unspecified atom stereocenters. The molecule has 0 spiro atoms. The van der Waals surface area contributed by atoms with Crippen molar-refractivity contribution >= 4 is 28.9 Å². The molecule has 1 aliphatic rings. The van der Waals surface area contributed by atoms with Crippen LogP contribution in [0.15, 0.2) is 18.2 Å². The van der Waals surface area contributed by atoms with Crippen LogP contribution in [-0.4, -0.2) is 10.8 Å². The lowest BCUT2D eigenvalue weighted by atomic mass is 10.2. The number of carbonyl (C=O) groups excluding carboxylic acids is 1. The van der Waals surface area contributed by atoms with Gasteiger partial charge in [0.2, 0.25) is 5.91 Å². The van der Waals surface area contributed by atoms with Crippen LogP contribution in [0.2, 0.25) is 5.02 Å². The highest BCUT2D eigenvalue weighted by atomic mass is 35.5. The number of nitrogens with one attached hydrogen (secondary N) is 1. The number of amides is 1. The van der Waals surface area contributed by atoms with Gasteiger partial charge in [0.1, 0.15) is 5.69 Å². The molecule has 0 bridgehead atoms. The summed E-state index contributed by atoms with van der Waals surface area (Å²) in [6.45, 7) is 0. The van der Waals surface area contributed by atoms with Crippen molar-refractivity contribution in [2.45, 2.75) is 12.8 Å². The van der Waals surface area contributed by atoms with E-state index in [2.05, 4.69) is 5.32 Å². The van der Waals surface area contributed by atoms with Crippen LogP contribution in [-0.2, 0) is 4.79 Å². The van der Waals surface area contributed by atoms with E-state index in [0.717, 1.165) is 12.8 Å². The Balaban J connectivity index is 2.26. The lowest BCUT2D eigenvalue weighted by Gasteiger charge is -2.05. The number of hydrogen-bond donors (Lipinski definition) is 1. The third-order valence-corrected chi connectivity index (χ3v) is 2.60. The van der Waals surface area contributed by atoms with Crippen LogP contribution >= 0.6 is 11.6 Å². The van der Waals surface area contributed by atoms with E-state index in [1.54, 1.807) is 0 Å². The number of nitrogens with zero attached hydrogens (tertiary/aromatic N) is 1. The van der Waals surface area contributed by atoms with Crippen LogP contribution in [0.5, 0.6) is 0 Å². The zero-order chi connectivity index (χ0) is 11.7. The molecular weight excluding hydrogens is 232 g/mol. The molecule has 1 amide bonds. The first-order chi connectivity index (χ1) is 7.58. The second-order valence-electron chi connectivity index (χ2n) is 3.68. The van der Waals surface area contributed by atoms with Crippen molar-refractivity contribution in [3.05, 3.63) is 33.3 Å². The number of nitro groups is 1. The van der Waals surface area contributed by atoms with Crippen LogP contribution in [0, 0.1) is 16.0 Å². The summed E-state index contributed by atoms with van der Waals surface area (Å²) in [6.07, 6.45) is 1.69. The summed E-state index contributed by atoms with van der Waals surface area (Å²) in [5.74, 6) is -0.177. The first-order valence-electron chi connectivity index (χ1n) is 4.83. The topological polar surface area (TPSA) is 72.2 Å². The van der Waals surface area contributed by atoms with Gasteiger partial charge in [0.05, 0.1) is 4.92 Å². The molecule has 0 atom stereocenters. The number of benzene rings is 1. The van der Waals surface area contributed by atoms with Gasteiger partial charge in [0.15, 0.2) is 0 Å². The van der Waals surface area contributed by atoms with Crippen LogP contribution in [0.1, 0.15) is 12.8 Å². The first kappa shape index (κ1) is 10.9. The highest BCUT2D eigenvalue weighted by Gasteiger charge is 2.30. The van der Waals surface area contributed by atoms with Gasteiger partial charge in [-0.05, 0) is 25.0 Å². The number of rotatable bonds is 3. The van der Waals surface area contributed by atoms with Gasteiger partial charge in [0, 0.05) is 17.0 Å². The minimum Gasteiger partial charge on any atom is -0.320 e. The van der Waals surface area contributed by atoms with Gasteiger partial charge in [-0.1, -0.05) is 11.6 Å². The Kier molecular flexibility index (Phi) is 2.78. The Morgan fingerprint density at radius 3 is 2.75 bits per heavy atom. The summed E-state index contributed by atoms with van der Waals surface area (Å²) in [7, 11) is 0. The molecule has 1 aromatic carbocycles. The Hall–Kier alpha value is -1.62. The molecule has 0 radical (unpaired) electrons. The lowest BCUT2D eigenvalue weighted by molar-refractivity contribution is -0.383. The van der Waals surface area contributed by atoms with E-state index in [9.17, 15) is 14.9 Å². The van der Waals surface area contributed by atoms with Crippen molar-refractivity contribution in [3.8, 4) is 0 Å². The number of hydrogen-bond acceptors (Lipinski definition) is 3. The van der Waals surface area contributed by atoms with Crippen LogP contribution < -0.4 is 5.32 Å². The fraction of sp³-hybridized carbons (Fsp3) is 0.300. The van der Waals surface area contributed by atoms with Crippen molar-refractivity contribution in [1.29, 1.82) is 0 Å². The third kappa shape index (κ3) is 2.30. The standard InChI is InChI=1S/C10H9ClN2O3/c11-7-3-4-9(13(15)16)8(5-7)12-10(14)6-1-2-6/h3-6H,1-2H2,(H,12,14). The molecule has 0 saturated heterocycles. The molecule has 0 heterocycles. The van der Waals surface area contributed by atoms with Gasteiger partial charge < -0.3 is 5.32 Å². The van der Waals surface area contributed by atoms with Crippen molar-refractivity contribution in [2.75, 3.05) is 5.32 Å². The van der Waals surface area contributed by atoms with Crippen LogP contribution in [0.3, 0.4) is 0 Å². The Labute approximate surface area is 96.6 Å². The second-order valence-corrected chi connectivity index (χ2v) is 4.12. The molecule has 6 heteroatoms. The summed E-state index contributed by atoms with van der Waals surface area (Å²) < 4.78 is 0. The van der Waals surface area contributed by atoms with E-state index in [0.29, 0.717) is 5.02 Å². The second kappa shape index (κ2) is 4.09. The van der Waals surface area contributed by atoms with E-state index in [1.165, 1.54) is 18.2 Å². The fourth-order valence-electron chi connectivity index (χ4n) is 1.35. The van der Waals surface area contributed by atoms with Gasteiger partial charge in [-0.15, -0.1) is 0 Å². The average molecular weight is 241 g/mol. The largest absolute Gasteiger partial charge is 0.320 e. The Morgan fingerprint density at radius 1 is 1.50 bits per heavy atom. The predicted molar refractivity (Wildman–Crippen MR) is 59.5 cm³/mol. The van der Waals surface area contributed by atoms with Gasteiger partial charge in [0.25, 0.3) is 5.69 Å². The van der Waals surface area contributed by atoms with Crippen LogP contribution in [0.25, 0.3) is 0 Å². The molecule has 84 valence electrons. The summed E-state index contributed by atoms with van der Waals surface area (Å²) in [5.41, 5.74) is 0.0211. The molecule has 1 N–H and O–H groups in total. The number of halogens is 1. The molecule has 2 rings (SSSR count). The van der Waals surface area contributed by atoms with E-state index in [-0.39, 0.29) is 23.2 Å². The summed E-state index contributed by atoms with van der Waals surface area (Å²) in [4.78, 5) is 21.7. The van der Waals surface area contributed by atoms with Crippen molar-refractivity contribution in [2.24, 2.45) is 5.92 Å². The van der Waals surface area contributed by atoms with Gasteiger partial charge in [-0.3, -0.25) is 14.9 Å². The Bertz CT molecular complexity index is 457. The number of anilines is 1. The SMILES string of the molecule is O=C(Nc1cc(Cl)ccc1[N+](=O)[O-])C1CC1. The van der Waals surface area contributed by atoms with E-state index >= 15 is 0 Å². The molecule has 5 nitrogen and oxygen atoms in total. The summed E-state index contributed by atoms with van der Waals surface area (Å²) in [6, 6.07) is 4.09. The maximum Gasteiger partial charge on any atom is 0.292 e. The predicted octanol–water partition coefficient (Wildman–Crippen LogP) is 2.60. The zero-order valence-corrected chi connectivity index (χ0v) is 9.03. The minimum absolute atomic E-state index is 0.00131. The maximum absolute atomic E-state index is 11.5. The smallest absolute Gasteiger partial charge is 0.292 e. The first-order valence-corrected chi connectivity index (χ1v) is 5.20. The van der Waals surface area contributed by atoms with Crippen molar-refractivity contribution in [1.82, 2.24) is 0 Å². The zero-order valence-electron chi connectivity index (χ0n) is 8.27. The molecule has 0 aliphatic heterocycles. The van der Waals surface area contributed by atoms with Gasteiger partial charge >= 0.3 is 0 Å². The third-order valence-electron chi connectivity index (χ3n) is 2.36. The minimum atomic E-state index is -0.543. The van der Waals surface area contributed by atoms with Crippen molar-refractivity contribution in [3.63, 3.8) is 0 Å². The fourth-order valence-corrected chi connectivity index (χ4v) is 1.52. The molecule has 0 aromatic heterocycles. The van der Waals surface area contributed by atoms with Crippen molar-refractivity contribution < 1.29 is 9.72 Å². The normalized spacial score (nSPS) is 14.6. The number of nitro benzene ring substituents is 1. The summed E-state index contributed by atoms with van der Waals surface area (Å²) in [5, 5.41) is 13.6. The highest BCUT2D eigenvalue weighted by molar-refractivity contribution is 6.31. The summed E-state index contributed by atoms with van der Waals surface area (Å²) >= 11 is 5.73. The van der Waals surface area contributed by atoms with Crippen LogP contribution in [0.4, 0.5) is 11.4 Å². The molecular formula is C10H9ClN2O3. The molecule has 1 aliphatic carbocycles. The highest BCUT2D eigenvalue weighted by Crippen LogP contribution is 2.33. The lowest BCUT2D eigenvalue weighted by Crippen LogP contribution is -2.14. The van der Waals surface area contributed by atoms with E-state index < -0.39 is 4.92 Å². The molecule has 16 heavy (non-hydrogen) atoms. The Morgan fingerprint density at radius 2 is 2.19 bits per heavy atom. The van der Waals surface area contributed by atoms with Gasteiger partial charge in [-0.25, -0.2) is 0 Å². The quantitative estimate of drug-likeness (QED) is 0.652. The molecule has 1 fully saturated rings.